The van der Waals surface area contributed by atoms with Gasteiger partial charge in [-0.3, -0.25) is 4.79 Å². The number of benzene rings is 2. The molecule has 170 valence electrons. The molecule has 32 heavy (non-hydrogen) atoms. The molecule has 1 amide bonds. The Labute approximate surface area is 196 Å². The molecule has 0 bridgehead atoms. The zero-order valence-electron chi connectivity index (χ0n) is 18.1. The van der Waals surface area contributed by atoms with Crippen LogP contribution in [0.25, 0.3) is 0 Å². The molecule has 9 heteroatoms. The Kier molecular flexibility index (Phi) is 7.31. The highest BCUT2D eigenvalue weighted by molar-refractivity contribution is 6.54. The molecule has 0 spiro atoms. The van der Waals surface area contributed by atoms with Crippen LogP contribution in [0.5, 0.6) is 5.75 Å². The number of halogens is 2. The number of alkyl halides is 2. The van der Waals surface area contributed by atoms with E-state index in [1.54, 1.807) is 57.2 Å². The molecule has 0 aromatic heterocycles. The van der Waals surface area contributed by atoms with Crippen molar-refractivity contribution in [3.63, 3.8) is 0 Å². The van der Waals surface area contributed by atoms with E-state index in [1.807, 2.05) is 6.07 Å². The highest BCUT2D eigenvalue weighted by atomic mass is 35.5. The van der Waals surface area contributed by atoms with Crippen LogP contribution < -0.4 is 10.1 Å². The van der Waals surface area contributed by atoms with Crippen molar-refractivity contribution in [3.8, 4) is 5.75 Å². The molecule has 1 aliphatic heterocycles. The molecule has 2 aromatic carbocycles. The van der Waals surface area contributed by atoms with E-state index in [0.29, 0.717) is 34.7 Å². The van der Waals surface area contributed by atoms with E-state index in [2.05, 4.69) is 10.5 Å². The molecule has 1 aliphatic rings. The Morgan fingerprint density at radius 2 is 1.91 bits per heavy atom. The zero-order valence-corrected chi connectivity index (χ0v) is 19.7. The van der Waals surface area contributed by atoms with Crippen molar-refractivity contribution in [2.24, 2.45) is 5.16 Å². The minimum absolute atomic E-state index is 0.346. The number of carbonyl (C=O) groups is 2. The Hall–Kier alpha value is -2.77. The Bertz CT molecular complexity index is 1050. The Balaban J connectivity index is 1.85. The second-order valence-corrected chi connectivity index (χ2v) is 9.23. The summed E-state index contributed by atoms with van der Waals surface area (Å²) in [4.78, 5) is 29.1. The van der Waals surface area contributed by atoms with E-state index in [4.69, 9.17) is 37.5 Å². The number of carbonyl (C=O) groups excluding carboxylic acids is 2. The summed E-state index contributed by atoms with van der Waals surface area (Å²) in [5.74, 6) is -0.502. The van der Waals surface area contributed by atoms with Crippen LogP contribution in [-0.2, 0) is 14.4 Å². The molecule has 1 heterocycles. The lowest BCUT2D eigenvalue weighted by atomic mass is 9.95. The first kappa shape index (κ1) is 23.9. The molecular weight excluding hydrogens is 455 g/mol. The molecule has 0 fully saturated rings. The van der Waals surface area contributed by atoms with Crippen molar-refractivity contribution in [1.29, 1.82) is 0 Å². The summed E-state index contributed by atoms with van der Waals surface area (Å²) < 4.78 is 11.0. The number of hydrogen-bond donors (Lipinski definition) is 1. The molecule has 2 aromatic rings. The van der Waals surface area contributed by atoms with E-state index in [9.17, 15) is 9.59 Å². The number of anilines is 1. The first-order valence-electron chi connectivity index (χ1n) is 9.91. The summed E-state index contributed by atoms with van der Waals surface area (Å²) in [7, 11) is 1.53. The molecule has 7 nitrogen and oxygen atoms in total. The van der Waals surface area contributed by atoms with Gasteiger partial charge in [0.05, 0.1) is 23.9 Å². The average molecular weight is 479 g/mol. The maximum absolute atomic E-state index is 12.8. The van der Waals surface area contributed by atoms with Gasteiger partial charge in [-0.2, -0.15) is 0 Å². The molecule has 0 saturated carbocycles. The minimum Gasteiger partial charge on any atom is -0.496 e. The van der Waals surface area contributed by atoms with E-state index in [1.165, 1.54) is 7.11 Å². The van der Waals surface area contributed by atoms with Crippen LogP contribution in [-0.4, -0.2) is 35.1 Å². The van der Waals surface area contributed by atoms with Gasteiger partial charge in [0, 0.05) is 12.1 Å². The predicted molar refractivity (Wildman–Crippen MR) is 124 cm³/mol. The number of nitrogens with zero attached hydrogens (tertiary/aromatic N) is 1. The van der Waals surface area contributed by atoms with Crippen LogP contribution in [0, 0.1) is 0 Å². The van der Waals surface area contributed by atoms with Crippen molar-refractivity contribution in [2.75, 3.05) is 12.4 Å². The van der Waals surface area contributed by atoms with Gasteiger partial charge < -0.3 is 19.6 Å². The monoisotopic (exact) mass is 478 g/mol. The summed E-state index contributed by atoms with van der Waals surface area (Å²) in [5, 5.41) is 6.87. The van der Waals surface area contributed by atoms with Gasteiger partial charge in [-0.1, -0.05) is 46.6 Å². The molecule has 3 rings (SSSR count). The highest BCUT2D eigenvalue weighted by Gasteiger charge is 2.31. The fourth-order valence-electron chi connectivity index (χ4n) is 3.22. The van der Waals surface area contributed by atoms with Gasteiger partial charge >= 0.3 is 5.97 Å². The molecular formula is C23H24Cl2N2O5. The lowest BCUT2D eigenvalue weighted by Crippen LogP contribution is -2.25. The number of amides is 1. The standard InChI is InChI=1S/C23H24Cl2N2O5/c1-23(2,3)31-22(29)15-9-6-10-17(30-4)19(15)16-12-18(32-27-16)13-7-5-8-14(11-13)26-21(28)20(24)25/h5-11,18,20H,12H2,1-4H3,(H,26,28). The van der Waals surface area contributed by atoms with E-state index in [0.717, 1.165) is 5.56 Å². The third-order valence-corrected chi connectivity index (χ3v) is 4.94. The van der Waals surface area contributed by atoms with Crippen LogP contribution in [0.2, 0.25) is 0 Å². The number of methoxy groups -OCH3 is 1. The summed E-state index contributed by atoms with van der Waals surface area (Å²) in [6, 6.07) is 12.3. The Morgan fingerprint density at radius 3 is 2.56 bits per heavy atom. The van der Waals surface area contributed by atoms with Gasteiger partial charge in [-0.05, 0) is 50.6 Å². The maximum Gasteiger partial charge on any atom is 0.339 e. The topological polar surface area (TPSA) is 86.2 Å². The minimum atomic E-state index is -1.17. The largest absolute Gasteiger partial charge is 0.496 e. The van der Waals surface area contributed by atoms with Crippen LogP contribution in [0.1, 0.15) is 54.8 Å². The number of esters is 1. The van der Waals surface area contributed by atoms with Crippen LogP contribution in [0.3, 0.4) is 0 Å². The first-order valence-corrected chi connectivity index (χ1v) is 10.8. The van der Waals surface area contributed by atoms with Crippen molar-refractivity contribution in [3.05, 3.63) is 59.2 Å². The third kappa shape index (κ3) is 5.72. The normalized spacial score (nSPS) is 15.7. The third-order valence-electron chi connectivity index (χ3n) is 4.55. The van der Waals surface area contributed by atoms with Gasteiger partial charge in [0.15, 0.2) is 10.9 Å². The van der Waals surface area contributed by atoms with Gasteiger partial charge in [0.25, 0.3) is 5.91 Å². The first-order chi connectivity index (χ1) is 15.1. The van der Waals surface area contributed by atoms with E-state index in [-0.39, 0.29) is 0 Å². The fourth-order valence-corrected chi connectivity index (χ4v) is 3.33. The molecule has 1 N–H and O–H groups in total. The number of hydrogen-bond acceptors (Lipinski definition) is 6. The van der Waals surface area contributed by atoms with Crippen molar-refractivity contribution < 1.29 is 23.9 Å². The number of nitrogens with one attached hydrogen (secondary N) is 1. The molecule has 0 saturated heterocycles. The van der Waals surface area contributed by atoms with E-state index >= 15 is 0 Å². The smallest absolute Gasteiger partial charge is 0.339 e. The molecule has 0 aliphatic carbocycles. The van der Waals surface area contributed by atoms with Crippen molar-refractivity contribution >= 4 is 46.5 Å². The van der Waals surface area contributed by atoms with Crippen LogP contribution in [0.4, 0.5) is 5.69 Å². The SMILES string of the molecule is COc1cccc(C(=O)OC(C)(C)C)c1C1=NOC(c2cccc(NC(=O)C(Cl)Cl)c2)C1. The zero-order chi connectivity index (χ0) is 23.5. The van der Waals surface area contributed by atoms with Gasteiger partial charge in [-0.15, -0.1) is 0 Å². The van der Waals surface area contributed by atoms with Gasteiger partial charge in [0.2, 0.25) is 0 Å². The summed E-state index contributed by atoms with van der Waals surface area (Å²) in [6.45, 7) is 5.41. The maximum atomic E-state index is 12.8. The average Bonchev–Trinajstić information content (AvgIpc) is 3.22. The lowest BCUT2D eigenvalue weighted by molar-refractivity contribution is -0.114. The highest BCUT2D eigenvalue weighted by Crippen LogP contribution is 2.35. The van der Waals surface area contributed by atoms with Gasteiger partial charge in [-0.25, -0.2) is 4.79 Å². The second kappa shape index (κ2) is 9.79. The number of ether oxygens (including phenoxy) is 2. The summed E-state index contributed by atoms with van der Waals surface area (Å²) in [6.07, 6.45) is -0.0256. The predicted octanol–water partition coefficient (Wildman–Crippen LogP) is 5.26. The second-order valence-electron chi connectivity index (χ2n) is 8.14. The van der Waals surface area contributed by atoms with E-state index < -0.39 is 28.4 Å². The summed E-state index contributed by atoms with van der Waals surface area (Å²) >= 11 is 11.2. The van der Waals surface area contributed by atoms with Crippen LogP contribution >= 0.6 is 23.2 Å². The number of rotatable bonds is 6. The van der Waals surface area contributed by atoms with Crippen LogP contribution in [0.15, 0.2) is 47.6 Å². The molecule has 1 unspecified atom stereocenters. The molecule has 0 radical (unpaired) electrons. The fraction of sp³-hybridized carbons (Fsp3) is 0.348. The molecule has 1 atom stereocenters. The number of oxime groups is 1. The van der Waals surface area contributed by atoms with Crippen molar-refractivity contribution in [1.82, 2.24) is 0 Å². The lowest BCUT2D eigenvalue weighted by Gasteiger charge is -2.21. The summed E-state index contributed by atoms with van der Waals surface area (Å²) in [5.41, 5.74) is 2.11. The Morgan fingerprint density at radius 1 is 1.19 bits per heavy atom. The van der Waals surface area contributed by atoms with Gasteiger partial charge in [0.1, 0.15) is 11.4 Å². The quantitative estimate of drug-likeness (QED) is 0.451. The van der Waals surface area contributed by atoms with Crippen molar-refractivity contribution in [2.45, 2.75) is 43.7 Å².